The zero-order chi connectivity index (χ0) is 16.9. The van der Waals surface area contributed by atoms with E-state index in [0.29, 0.717) is 28.7 Å². The van der Waals surface area contributed by atoms with Gasteiger partial charge in [-0.15, -0.1) is 0 Å². The van der Waals surface area contributed by atoms with E-state index in [1.165, 1.54) is 12.1 Å². The monoisotopic (exact) mass is 326 g/mol. The van der Waals surface area contributed by atoms with Crippen molar-refractivity contribution in [2.45, 2.75) is 26.3 Å². The van der Waals surface area contributed by atoms with Crippen molar-refractivity contribution >= 4 is 16.8 Å². The van der Waals surface area contributed by atoms with Crippen molar-refractivity contribution in [3.05, 3.63) is 60.1 Å². The topological polar surface area (TPSA) is 59.8 Å². The van der Waals surface area contributed by atoms with Crippen LogP contribution in [0.2, 0.25) is 0 Å². The zero-order valence-corrected chi connectivity index (χ0v) is 13.5. The average molecular weight is 326 g/mol. The van der Waals surface area contributed by atoms with Gasteiger partial charge in [0.2, 0.25) is 0 Å². The molecule has 0 radical (unpaired) electrons. The second-order valence-corrected chi connectivity index (χ2v) is 5.74. The van der Waals surface area contributed by atoms with Gasteiger partial charge in [0.05, 0.1) is 17.4 Å². The lowest BCUT2D eigenvalue weighted by atomic mass is 10.1. The first-order valence-corrected chi connectivity index (χ1v) is 7.94. The molecule has 0 aliphatic carbocycles. The number of benzene rings is 1. The first-order valence-electron chi connectivity index (χ1n) is 7.94. The molecule has 0 unspecified atom stereocenters. The first-order chi connectivity index (χ1) is 11.6. The van der Waals surface area contributed by atoms with Gasteiger partial charge in [0.25, 0.3) is 5.91 Å². The standard InChI is InChI=1S/C18H19FN4O/c1-13-10-16(15-5-4-14(19)11-17(15)22-13)18(24)21-6-2-3-8-23-9-7-20-12-23/h4-5,7,9-12H,2-3,6,8H2,1H3,(H,21,24). The number of hydrogen-bond donors (Lipinski definition) is 1. The SMILES string of the molecule is Cc1cc(C(=O)NCCCCn2ccnc2)c2ccc(F)cc2n1. The highest BCUT2D eigenvalue weighted by Gasteiger charge is 2.12. The van der Waals surface area contributed by atoms with Gasteiger partial charge in [-0.1, -0.05) is 0 Å². The van der Waals surface area contributed by atoms with E-state index in [-0.39, 0.29) is 11.7 Å². The fourth-order valence-corrected chi connectivity index (χ4v) is 2.66. The average Bonchev–Trinajstić information content (AvgIpc) is 3.06. The molecule has 124 valence electrons. The molecule has 1 amide bonds. The van der Waals surface area contributed by atoms with E-state index in [2.05, 4.69) is 15.3 Å². The van der Waals surface area contributed by atoms with Crippen LogP contribution >= 0.6 is 0 Å². The summed E-state index contributed by atoms with van der Waals surface area (Å²) in [6.45, 7) is 3.27. The van der Waals surface area contributed by atoms with Crippen molar-refractivity contribution < 1.29 is 9.18 Å². The summed E-state index contributed by atoms with van der Waals surface area (Å²) in [4.78, 5) is 20.7. The summed E-state index contributed by atoms with van der Waals surface area (Å²) >= 11 is 0. The highest BCUT2D eigenvalue weighted by atomic mass is 19.1. The molecule has 0 aliphatic rings. The van der Waals surface area contributed by atoms with E-state index in [1.54, 1.807) is 31.6 Å². The number of amides is 1. The summed E-state index contributed by atoms with van der Waals surface area (Å²) in [5.41, 5.74) is 1.73. The number of halogens is 1. The van der Waals surface area contributed by atoms with Crippen LogP contribution in [-0.2, 0) is 6.54 Å². The molecule has 1 aromatic carbocycles. The zero-order valence-electron chi connectivity index (χ0n) is 13.5. The van der Waals surface area contributed by atoms with E-state index < -0.39 is 0 Å². The Morgan fingerprint density at radius 1 is 1.29 bits per heavy atom. The van der Waals surface area contributed by atoms with Crippen molar-refractivity contribution in [2.75, 3.05) is 6.54 Å². The molecular formula is C18H19FN4O. The first kappa shape index (κ1) is 16.1. The number of aromatic nitrogens is 3. The van der Waals surface area contributed by atoms with Gasteiger partial charge in [-0.2, -0.15) is 0 Å². The molecule has 24 heavy (non-hydrogen) atoms. The Morgan fingerprint density at radius 3 is 2.96 bits per heavy atom. The predicted molar refractivity (Wildman–Crippen MR) is 90.2 cm³/mol. The Morgan fingerprint density at radius 2 is 2.17 bits per heavy atom. The van der Waals surface area contributed by atoms with Gasteiger partial charge in [0, 0.05) is 42.6 Å². The van der Waals surface area contributed by atoms with E-state index in [1.807, 2.05) is 10.8 Å². The summed E-state index contributed by atoms with van der Waals surface area (Å²) in [7, 11) is 0. The molecule has 1 N–H and O–H groups in total. The molecule has 0 saturated carbocycles. The maximum Gasteiger partial charge on any atom is 0.252 e. The number of rotatable bonds is 6. The highest BCUT2D eigenvalue weighted by molar-refractivity contribution is 6.06. The van der Waals surface area contributed by atoms with Crippen molar-refractivity contribution in [3.8, 4) is 0 Å². The Hall–Kier alpha value is -2.76. The van der Waals surface area contributed by atoms with Gasteiger partial charge in [0.15, 0.2) is 0 Å². The number of carbonyl (C=O) groups is 1. The van der Waals surface area contributed by atoms with Crippen LogP contribution in [0.25, 0.3) is 10.9 Å². The van der Waals surface area contributed by atoms with E-state index in [0.717, 1.165) is 19.4 Å². The van der Waals surface area contributed by atoms with Crippen LogP contribution in [0.1, 0.15) is 28.9 Å². The molecule has 0 saturated heterocycles. The molecule has 5 nitrogen and oxygen atoms in total. The largest absolute Gasteiger partial charge is 0.352 e. The van der Waals surface area contributed by atoms with E-state index in [9.17, 15) is 9.18 Å². The fraction of sp³-hybridized carbons (Fsp3) is 0.278. The molecule has 2 heterocycles. The number of unbranched alkanes of at least 4 members (excludes halogenated alkanes) is 1. The van der Waals surface area contributed by atoms with E-state index >= 15 is 0 Å². The predicted octanol–water partition coefficient (Wildman–Crippen LogP) is 3.09. The number of nitrogens with one attached hydrogen (secondary N) is 1. The third-order valence-corrected chi connectivity index (χ3v) is 3.83. The van der Waals surface area contributed by atoms with Crippen LogP contribution < -0.4 is 5.32 Å². The third-order valence-electron chi connectivity index (χ3n) is 3.83. The van der Waals surface area contributed by atoms with Gasteiger partial charge in [0.1, 0.15) is 5.82 Å². The number of pyridine rings is 1. The second kappa shape index (κ2) is 7.21. The third kappa shape index (κ3) is 3.76. The lowest BCUT2D eigenvalue weighted by Gasteiger charge is -2.09. The minimum absolute atomic E-state index is 0.153. The summed E-state index contributed by atoms with van der Waals surface area (Å²) in [6, 6.07) is 6.04. The second-order valence-electron chi connectivity index (χ2n) is 5.74. The smallest absolute Gasteiger partial charge is 0.252 e. The van der Waals surface area contributed by atoms with Gasteiger partial charge in [-0.05, 0) is 38.0 Å². The summed E-state index contributed by atoms with van der Waals surface area (Å²) < 4.78 is 15.4. The van der Waals surface area contributed by atoms with Crippen LogP contribution in [0, 0.1) is 12.7 Å². The normalized spacial score (nSPS) is 10.9. The van der Waals surface area contributed by atoms with Crippen LogP contribution in [0.3, 0.4) is 0 Å². The quantitative estimate of drug-likeness (QED) is 0.708. The van der Waals surface area contributed by atoms with Crippen LogP contribution in [0.4, 0.5) is 4.39 Å². The molecule has 0 fully saturated rings. The van der Waals surface area contributed by atoms with Crippen LogP contribution in [-0.4, -0.2) is 27.0 Å². The van der Waals surface area contributed by atoms with Gasteiger partial charge in [-0.3, -0.25) is 9.78 Å². The minimum Gasteiger partial charge on any atom is -0.352 e. The number of imidazole rings is 1. The molecule has 0 aliphatic heterocycles. The van der Waals surface area contributed by atoms with Crippen LogP contribution in [0.5, 0.6) is 0 Å². The Kier molecular flexibility index (Phi) is 4.84. The number of aryl methyl sites for hydroxylation is 2. The lowest BCUT2D eigenvalue weighted by Crippen LogP contribution is -2.25. The maximum absolute atomic E-state index is 13.4. The summed E-state index contributed by atoms with van der Waals surface area (Å²) in [5.74, 6) is -0.508. The van der Waals surface area contributed by atoms with Crippen LogP contribution in [0.15, 0.2) is 43.0 Å². The van der Waals surface area contributed by atoms with Crippen molar-refractivity contribution in [2.24, 2.45) is 0 Å². The molecular weight excluding hydrogens is 307 g/mol. The fourth-order valence-electron chi connectivity index (χ4n) is 2.66. The van der Waals surface area contributed by atoms with Gasteiger partial charge in [-0.25, -0.2) is 9.37 Å². The van der Waals surface area contributed by atoms with Crippen molar-refractivity contribution in [1.82, 2.24) is 19.9 Å². The highest BCUT2D eigenvalue weighted by Crippen LogP contribution is 2.19. The molecule has 2 aromatic heterocycles. The Bertz CT molecular complexity index is 840. The number of fused-ring (bicyclic) bond motifs is 1. The Labute approximate surface area is 139 Å². The van der Waals surface area contributed by atoms with Crippen molar-refractivity contribution in [3.63, 3.8) is 0 Å². The minimum atomic E-state index is -0.355. The van der Waals surface area contributed by atoms with Gasteiger partial charge >= 0.3 is 0 Å². The molecule has 3 aromatic rings. The number of carbonyl (C=O) groups excluding carboxylic acids is 1. The van der Waals surface area contributed by atoms with Gasteiger partial charge < -0.3 is 9.88 Å². The lowest BCUT2D eigenvalue weighted by molar-refractivity contribution is 0.0954. The molecule has 3 rings (SSSR count). The maximum atomic E-state index is 13.4. The molecule has 6 heteroatoms. The molecule has 0 bridgehead atoms. The molecule has 0 spiro atoms. The molecule has 0 atom stereocenters. The van der Waals surface area contributed by atoms with E-state index in [4.69, 9.17) is 0 Å². The summed E-state index contributed by atoms with van der Waals surface area (Å²) in [5, 5.41) is 3.59. The number of hydrogen-bond acceptors (Lipinski definition) is 3. The van der Waals surface area contributed by atoms with Crippen molar-refractivity contribution in [1.29, 1.82) is 0 Å². The number of nitrogens with zero attached hydrogens (tertiary/aromatic N) is 3. The Balaban J connectivity index is 1.61. The summed E-state index contributed by atoms with van der Waals surface area (Å²) in [6.07, 6.45) is 7.28.